The molecule has 9 heteroatoms. The Morgan fingerprint density at radius 1 is 1.37 bits per heavy atom. The molecule has 27 heavy (non-hydrogen) atoms. The van der Waals surface area contributed by atoms with Crippen molar-refractivity contribution in [3.05, 3.63) is 50.5 Å². The quantitative estimate of drug-likeness (QED) is 0.669. The van der Waals surface area contributed by atoms with Crippen molar-refractivity contribution in [2.75, 3.05) is 11.9 Å². The smallest absolute Gasteiger partial charge is 0.290 e. The maximum atomic E-state index is 12.3. The summed E-state index contributed by atoms with van der Waals surface area (Å²) < 4.78 is 8.98. The molecule has 3 heterocycles. The van der Waals surface area contributed by atoms with Gasteiger partial charge in [0.1, 0.15) is 5.69 Å². The van der Waals surface area contributed by atoms with Crippen LogP contribution in [0.15, 0.2) is 28.5 Å². The van der Waals surface area contributed by atoms with Gasteiger partial charge in [-0.2, -0.15) is 5.10 Å². The number of aryl methyl sites for hydroxylation is 3. The van der Waals surface area contributed by atoms with Crippen LogP contribution in [-0.2, 0) is 20.6 Å². The Kier molecular flexibility index (Phi) is 4.69. The molecule has 0 bridgehead atoms. The van der Waals surface area contributed by atoms with Crippen molar-refractivity contribution >= 4 is 17.0 Å². The lowest BCUT2D eigenvalue weighted by Crippen LogP contribution is -2.24. The molecule has 1 aliphatic rings. The second-order valence-electron chi connectivity index (χ2n) is 6.86. The number of nitrogens with one attached hydrogen (secondary N) is 1. The van der Waals surface area contributed by atoms with Crippen molar-refractivity contribution < 1.29 is 4.74 Å². The van der Waals surface area contributed by atoms with E-state index in [1.807, 2.05) is 30.2 Å². The van der Waals surface area contributed by atoms with Crippen LogP contribution in [0.1, 0.15) is 28.7 Å². The summed E-state index contributed by atoms with van der Waals surface area (Å²) in [6.45, 7) is 3.02. The van der Waals surface area contributed by atoms with Crippen LogP contribution < -0.4 is 15.6 Å². The zero-order valence-electron chi connectivity index (χ0n) is 15.5. The predicted octanol–water partition coefficient (Wildman–Crippen LogP) is 2.07. The summed E-state index contributed by atoms with van der Waals surface area (Å²) in [5.74, 6) is 1.33. The largest absolute Gasteiger partial charge is 0.476 e. The third-order valence-corrected chi connectivity index (χ3v) is 5.47. The minimum absolute atomic E-state index is 0.188. The molecular weight excluding hydrogens is 364 g/mol. The van der Waals surface area contributed by atoms with Crippen molar-refractivity contribution in [1.82, 2.24) is 24.5 Å². The van der Waals surface area contributed by atoms with E-state index in [9.17, 15) is 4.79 Å². The number of thiazole rings is 1. The van der Waals surface area contributed by atoms with Crippen molar-refractivity contribution in [1.29, 1.82) is 0 Å². The van der Waals surface area contributed by atoms with Crippen LogP contribution in [0.4, 0.5) is 5.69 Å². The molecule has 3 aromatic heterocycles. The maximum Gasteiger partial charge on any atom is 0.290 e. The molecular formula is C18H22N6O2S. The molecule has 142 valence electrons. The van der Waals surface area contributed by atoms with Gasteiger partial charge < -0.3 is 10.1 Å². The SMILES string of the molecule is Cc1nc(CNc2cc(OCC3CC3c3ccn(C)n3)nn(C)c2=O)cs1. The standard InChI is InChI=1S/C18H22N6O2S/c1-11-20-13(10-27-11)8-19-16-7-17(22-24(3)18(16)25)26-9-12-6-14(12)15-4-5-23(2)21-15/h4-5,7,10,12,14,19H,6,8-9H2,1-3H3. The van der Waals surface area contributed by atoms with E-state index in [1.54, 1.807) is 24.5 Å². The minimum atomic E-state index is -0.188. The highest BCUT2D eigenvalue weighted by Crippen LogP contribution is 2.46. The summed E-state index contributed by atoms with van der Waals surface area (Å²) in [5.41, 5.74) is 2.30. The Bertz CT molecular complexity index is 1010. The van der Waals surface area contributed by atoms with E-state index in [-0.39, 0.29) is 5.56 Å². The zero-order chi connectivity index (χ0) is 19.0. The number of aromatic nitrogens is 5. The lowest BCUT2D eigenvalue weighted by molar-refractivity contribution is 0.278. The first kappa shape index (κ1) is 17.7. The van der Waals surface area contributed by atoms with Gasteiger partial charge in [-0.3, -0.25) is 9.48 Å². The van der Waals surface area contributed by atoms with E-state index in [0.717, 1.165) is 22.8 Å². The Morgan fingerprint density at radius 2 is 2.22 bits per heavy atom. The number of anilines is 1. The highest BCUT2D eigenvalue weighted by Gasteiger charge is 2.40. The van der Waals surface area contributed by atoms with Gasteiger partial charge in [-0.1, -0.05) is 0 Å². The lowest BCUT2D eigenvalue weighted by Gasteiger charge is -2.10. The molecule has 0 radical (unpaired) electrons. The molecule has 0 aromatic carbocycles. The summed E-state index contributed by atoms with van der Waals surface area (Å²) >= 11 is 1.59. The van der Waals surface area contributed by atoms with Gasteiger partial charge >= 0.3 is 0 Å². The van der Waals surface area contributed by atoms with Gasteiger partial charge in [0.25, 0.3) is 5.56 Å². The normalized spacial score (nSPS) is 18.5. The Hall–Kier alpha value is -2.68. The van der Waals surface area contributed by atoms with Gasteiger partial charge in [-0.25, -0.2) is 9.67 Å². The van der Waals surface area contributed by atoms with E-state index in [0.29, 0.717) is 36.6 Å². The van der Waals surface area contributed by atoms with Gasteiger partial charge in [0.15, 0.2) is 0 Å². The number of nitrogens with zero attached hydrogens (tertiary/aromatic N) is 5. The highest BCUT2D eigenvalue weighted by atomic mass is 32.1. The minimum Gasteiger partial charge on any atom is -0.476 e. The molecule has 0 saturated heterocycles. The van der Waals surface area contributed by atoms with E-state index < -0.39 is 0 Å². The second kappa shape index (κ2) is 7.15. The molecule has 0 amide bonds. The fraction of sp³-hybridized carbons (Fsp3) is 0.444. The van der Waals surface area contributed by atoms with Crippen LogP contribution in [-0.4, -0.2) is 31.2 Å². The van der Waals surface area contributed by atoms with Crippen molar-refractivity contribution in [3.8, 4) is 5.88 Å². The molecule has 1 N–H and O–H groups in total. The molecule has 0 spiro atoms. The van der Waals surface area contributed by atoms with Crippen molar-refractivity contribution in [2.45, 2.75) is 25.8 Å². The lowest BCUT2D eigenvalue weighted by atomic mass is 10.2. The first-order valence-corrected chi connectivity index (χ1v) is 9.73. The van der Waals surface area contributed by atoms with E-state index >= 15 is 0 Å². The van der Waals surface area contributed by atoms with Crippen LogP contribution >= 0.6 is 11.3 Å². The summed E-state index contributed by atoms with van der Waals surface area (Å²) in [7, 11) is 3.55. The molecule has 3 aromatic rings. The summed E-state index contributed by atoms with van der Waals surface area (Å²) in [4.78, 5) is 16.7. The summed E-state index contributed by atoms with van der Waals surface area (Å²) in [5, 5.41) is 14.8. The number of rotatable bonds is 7. The van der Waals surface area contributed by atoms with Crippen molar-refractivity contribution in [2.24, 2.45) is 20.0 Å². The van der Waals surface area contributed by atoms with E-state index in [4.69, 9.17) is 4.74 Å². The second-order valence-corrected chi connectivity index (χ2v) is 7.93. The Labute approximate surface area is 160 Å². The molecule has 4 rings (SSSR count). The topological polar surface area (TPSA) is 86.9 Å². The fourth-order valence-electron chi connectivity index (χ4n) is 3.07. The molecule has 1 aliphatic carbocycles. The van der Waals surface area contributed by atoms with Gasteiger partial charge in [-0.15, -0.1) is 16.4 Å². The molecule has 1 saturated carbocycles. The third kappa shape index (κ3) is 4.02. The van der Waals surface area contributed by atoms with Gasteiger partial charge in [-0.05, 0) is 19.4 Å². The molecule has 2 atom stereocenters. The van der Waals surface area contributed by atoms with Crippen LogP contribution in [0.3, 0.4) is 0 Å². The van der Waals surface area contributed by atoms with Crippen LogP contribution in [0, 0.1) is 12.8 Å². The monoisotopic (exact) mass is 386 g/mol. The average Bonchev–Trinajstić information content (AvgIpc) is 3.09. The summed E-state index contributed by atoms with van der Waals surface area (Å²) in [6.07, 6.45) is 3.03. The van der Waals surface area contributed by atoms with E-state index in [2.05, 4.69) is 26.6 Å². The van der Waals surface area contributed by atoms with Gasteiger partial charge in [0, 0.05) is 43.6 Å². The van der Waals surface area contributed by atoms with Crippen molar-refractivity contribution in [3.63, 3.8) is 0 Å². The van der Waals surface area contributed by atoms with E-state index in [1.165, 1.54) is 4.68 Å². The molecule has 0 aliphatic heterocycles. The van der Waals surface area contributed by atoms with Crippen LogP contribution in [0.25, 0.3) is 0 Å². The fourth-order valence-corrected chi connectivity index (χ4v) is 3.68. The number of hydrogen-bond acceptors (Lipinski definition) is 7. The maximum absolute atomic E-state index is 12.3. The summed E-state index contributed by atoms with van der Waals surface area (Å²) in [6, 6.07) is 3.72. The zero-order valence-corrected chi connectivity index (χ0v) is 16.4. The highest BCUT2D eigenvalue weighted by molar-refractivity contribution is 7.09. The molecule has 1 fully saturated rings. The molecule has 2 unspecified atom stereocenters. The van der Waals surface area contributed by atoms with Gasteiger partial charge in [0.2, 0.25) is 5.88 Å². The number of hydrogen-bond donors (Lipinski definition) is 1. The van der Waals surface area contributed by atoms with Gasteiger partial charge in [0.05, 0.1) is 29.5 Å². The third-order valence-electron chi connectivity index (χ3n) is 4.65. The number of ether oxygens (including phenoxy) is 1. The van der Waals surface area contributed by atoms with Crippen LogP contribution in [0.5, 0.6) is 5.88 Å². The van der Waals surface area contributed by atoms with Crippen LogP contribution in [0.2, 0.25) is 0 Å². The Morgan fingerprint density at radius 3 is 2.93 bits per heavy atom. The average molecular weight is 386 g/mol. The Balaban J connectivity index is 1.38. The first-order valence-electron chi connectivity index (χ1n) is 8.85. The molecule has 8 nitrogen and oxygen atoms in total. The predicted molar refractivity (Wildman–Crippen MR) is 103 cm³/mol. The first-order chi connectivity index (χ1) is 13.0.